The number of carbonyl (C=O) groups is 1. The molecule has 0 heterocycles. The van der Waals surface area contributed by atoms with E-state index < -0.39 is 0 Å². The van der Waals surface area contributed by atoms with Crippen LogP contribution in [0.3, 0.4) is 0 Å². The van der Waals surface area contributed by atoms with Gasteiger partial charge in [0.25, 0.3) is 0 Å². The lowest BCUT2D eigenvalue weighted by Crippen LogP contribution is -2.22. The monoisotopic (exact) mass is 269 g/mol. The van der Waals surface area contributed by atoms with Gasteiger partial charge in [0, 0.05) is 13.0 Å². The number of nitrogens with one attached hydrogen (secondary N) is 1. The van der Waals surface area contributed by atoms with Crippen LogP contribution in [-0.4, -0.2) is 22.7 Å². The normalized spacial score (nSPS) is 8.42. The average molecular weight is 269 g/mol. The lowest BCUT2D eigenvalue weighted by molar-refractivity contribution is -0.120. The molecule has 1 amide bonds. The van der Waals surface area contributed by atoms with Crippen molar-refractivity contribution in [2.75, 3.05) is 6.54 Å². The predicted octanol–water partition coefficient (Wildman–Crippen LogP) is 3.44. The summed E-state index contributed by atoms with van der Waals surface area (Å²) in [5.74, 6) is -0.00755. The zero-order valence-corrected chi connectivity index (χ0v) is 12.4. The molecule has 1 rings (SSSR count). The van der Waals surface area contributed by atoms with Crippen molar-refractivity contribution in [3.63, 3.8) is 0 Å². The second kappa shape index (κ2) is 14.4. The van der Waals surface area contributed by atoms with E-state index in [4.69, 9.17) is 10.2 Å². The highest BCUT2D eigenvalue weighted by molar-refractivity contribution is 5.75. The summed E-state index contributed by atoms with van der Waals surface area (Å²) in [5, 5.41) is 20.1. The molecule has 4 heteroatoms. The summed E-state index contributed by atoms with van der Waals surface area (Å²) in [6.07, 6.45) is 2.87. The summed E-state index contributed by atoms with van der Waals surface area (Å²) in [5.41, 5.74) is 0. The van der Waals surface area contributed by atoms with Gasteiger partial charge in [-0.15, -0.1) is 0 Å². The largest absolute Gasteiger partial charge is 0.504 e. The SMILES string of the molecule is CCC.CCCNC(=O)CC.Oc1ccccc1O. The Balaban J connectivity index is 0. The van der Waals surface area contributed by atoms with E-state index in [1.807, 2.05) is 13.8 Å². The average Bonchev–Trinajstić information content (AvgIpc) is 2.41. The van der Waals surface area contributed by atoms with Gasteiger partial charge < -0.3 is 15.5 Å². The molecule has 0 aliphatic carbocycles. The minimum Gasteiger partial charge on any atom is -0.504 e. The molecule has 0 fully saturated rings. The second-order valence-corrected chi connectivity index (χ2v) is 3.90. The Morgan fingerprint density at radius 3 is 1.74 bits per heavy atom. The highest BCUT2D eigenvalue weighted by Crippen LogP contribution is 2.21. The first kappa shape index (κ1) is 19.6. The molecule has 0 bridgehead atoms. The second-order valence-electron chi connectivity index (χ2n) is 3.90. The van der Waals surface area contributed by atoms with Crippen molar-refractivity contribution < 1.29 is 15.0 Å². The highest BCUT2D eigenvalue weighted by atomic mass is 16.3. The van der Waals surface area contributed by atoms with Gasteiger partial charge in [0.2, 0.25) is 5.91 Å². The first-order valence-corrected chi connectivity index (χ1v) is 6.76. The zero-order chi connectivity index (χ0) is 15.1. The minimum absolute atomic E-state index is 0.0764. The van der Waals surface area contributed by atoms with Gasteiger partial charge in [0.15, 0.2) is 11.5 Å². The van der Waals surface area contributed by atoms with E-state index in [-0.39, 0.29) is 17.4 Å². The molecule has 0 aliphatic heterocycles. The quantitative estimate of drug-likeness (QED) is 0.736. The van der Waals surface area contributed by atoms with Crippen LogP contribution in [0.1, 0.15) is 47.0 Å². The number of aromatic hydroxyl groups is 2. The molecular weight excluding hydrogens is 242 g/mol. The van der Waals surface area contributed by atoms with Crippen LogP contribution in [0.2, 0.25) is 0 Å². The molecule has 110 valence electrons. The van der Waals surface area contributed by atoms with Crippen molar-refractivity contribution in [2.45, 2.75) is 47.0 Å². The molecule has 0 saturated carbocycles. The number of hydrogen-bond acceptors (Lipinski definition) is 3. The number of hydrogen-bond donors (Lipinski definition) is 3. The molecule has 1 aromatic rings. The molecule has 0 aromatic heterocycles. The van der Waals surface area contributed by atoms with Crippen LogP contribution < -0.4 is 5.32 Å². The van der Waals surface area contributed by atoms with E-state index in [0.29, 0.717) is 6.42 Å². The third kappa shape index (κ3) is 14.2. The maximum Gasteiger partial charge on any atom is 0.219 e. The van der Waals surface area contributed by atoms with Gasteiger partial charge >= 0.3 is 0 Å². The highest BCUT2D eigenvalue weighted by Gasteiger charge is 1.91. The molecule has 0 spiro atoms. The third-order valence-electron chi connectivity index (χ3n) is 1.78. The van der Waals surface area contributed by atoms with Gasteiger partial charge in [0.05, 0.1) is 0 Å². The van der Waals surface area contributed by atoms with E-state index in [1.165, 1.54) is 18.6 Å². The van der Waals surface area contributed by atoms with Gasteiger partial charge in [-0.25, -0.2) is 0 Å². The zero-order valence-electron chi connectivity index (χ0n) is 12.4. The lowest BCUT2D eigenvalue weighted by atomic mass is 10.3. The Bertz CT molecular complexity index is 306. The summed E-state index contributed by atoms with van der Waals surface area (Å²) in [6, 6.07) is 6.15. The van der Waals surface area contributed by atoms with Gasteiger partial charge in [-0.05, 0) is 18.6 Å². The van der Waals surface area contributed by atoms with E-state index in [2.05, 4.69) is 19.2 Å². The summed E-state index contributed by atoms with van der Waals surface area (Å²) < 4.78 is 0. The summed E-state index contributed by atoms with van der Waals surface area (Å²) >= 11 is 0. The molecule has 1 aromatic carbocycles. The van der Waals surface area contributed by atoms with E-state index in [9.17, 15) is 4.79 Å². The molecule has 4 nitrogen and oxygen atoms in total. The van der Waals surface area contributed by atoms with Gasteiger partial charge in [-0.1, -0.05) is 46.2 Å². The molecule has 0 atom stereocenters. The maximum absolute atomic E-state index is 10.5. The molecule has 0 saturated heterocycles. The molecule has 0 unspecified atom stereocenters. The van der Waals surface area contributed by atoms with Crippen molar-refractivity contribution in [1.82, 2.24) is 5.32 Å². The number of para-hydroxylation sites is 2. The molecule has 19 heavy (non-hydrogen) atoms. The first-order chi connectivity index (χ1) is 9.03. The van der Waals surface area contributed by atoms with Crippen LogP contribution in [0.15, 0.2) is 24.3 Å². The standard InChI is InChI=1S/C6H13NO.C6H6O2.C3H8/c1-3-5-7-6(8)4-2;7-5-3-1-2-4-6(5)8;1-3-2/h3-5H2,1-2H3,(H,7,8);1-4,7-8H;3H2,1-2H3. The fraction of sp³-hybridized carbons (Fsp3) is 0.533. The summed E-state index contributed by atoms with van der Waals surface area (Å²) in [7, 11) is 0. The number of benzene rings is 1. The van der Waals surface area contributed by atoms with Crippen molar-refractivity contribution in [3.8, 4) is 11.5 Å². The van der Waals surface area contributed by atoms with Crippen LogP contribution in [0, 0.1) is 0 Å². The Kier molecular flexibility index (Phi) is 14.8. The minimum atomic E-state index is -0.0764. The predicted molar refractivity (Wildman–Crippen MR) is 79.3 cm³/mol. The molecular formula is C15H27NO3. The lowest BCUT2D eigenvalue weighted by Gasteiger charge is -1.97. The fourth-order valence-corrected chi connectivity index (χ4v) is 0.854. The Morgan fingerprint density at radius 2 is 1.47 bits per heavy atom. The number of phenols is 2. The smallest absolute Gasteiger partial charge is 0.219 e. The fourth-order valence-electron chi connectivity index (χ4n) is 0.854. The van der Waals surface area contributed by atoms with Crippen LogP contribution in [-0.2, 0) is 4.79 Å². The Hall–Kier alpha value is -1.71. The van der Waals surface area contributed by atoms with E-state index in [1.54, 1.807) is 12.1 Å². The van der Waals surface area contributed by atoms with Gasteiger partial charge in [-0.3, -0.25) is 4.79 Å². The van der Waals surface area contributed by atoms with Gasteiger partial charge in [-0.2, -0.15) is 0 Å². The Morgan fingerprint density at radius 1 is 1.05 bits per heavy atom. The maximum atomic E-state index is 10.5. The van der Waals surface area contributed by atoms with Crippen LogP contribution in [0.4, 0.5) is 0 Å². The number of carbonyl (C=O) groups excluding carboxylic acids is 1. The van der Waals surface area contributed by atoms with E-state index >= 15 is 0 Å². The molecule has 3 N–H and O–H groups in total. The van der Waals surface area contributed by atoms with Crippen LogP contribution >= 0.6 is 0 Å². The van der Waals surface area contributed by atoms with Crippen molar-refractivity contribution in [1.29, 1.82) is 0 Å². The first-order valence-electron chi connectivity index (χ1n) is 6.76. The van der Waals surface area contributed by atoms with Gasteiger partial charge in [0.1, 0.15) is 0 Å². The van der Waals surface area contributed by atoms with Crippen LogP contribution in [0.25, 0.3) is 0 Å². The van der Waals surface area contributed by atoms with Crippen molar-refractivity contribution in [2.24, 2.45) is 0 Å². The molecule has 0 aliphatic rings. The van der Waals surface area contributed by atoms with E-state index in [0.717, 1.165) is 13.0 Å². The van der Waals surface area contributed by atoms with Crippen LogP contribution in [0.5, 0.6) is 11.5 Å². The summed E-state index contributed by atoms with van der Waals surface area (Å²) in [4.78, 5) is 10.5. The van der Waals surface area contributed by atoms with Crippen molar-refractivity contribution >= 4 is 5.91 Å². The third-order valence-corrected chi connectivity index (χ3v) is 1.78. The Labute approximate surface area is 116 Å². The number of phenolic OH excluding ortho intramolecular Hbond substituents is 2. The van der Waals surface area contributed by atoms with Crippen molar-refractivity contribution in [3.05, 3.63) is 24.3 Å². The summed E-state index contributed by atoms with van der Waals surface area (Å²) in [6.45, 7) is 8.95. The number of amides is 1. The topological polar surface area (TPSA) is 69.6 Å². The molecule has 0 radical (unpaired) electrons. The number of rotatable bonds is 3.